The van der Waals surface area contributed by atoms with E-state index in [-0.39, 0.29) is 0 Å². The molecule has 2 aromatic rings. The van der Waals surface area contributed by atoms with Crippen molar-refractivity contribution in [1.82, 2.24) is 9.80 Å². The molecule has 0 N–H and O–H groups in total. The summed E-state index contributed by atoms with van der Waals surface area (Å²) in [6, 6.07) is 18.5. The van der Waals surface area contributed by atoms with Gasteiger partial charge < -0.3 is 0 Å². The Balaban J connectivity index is 1.55. The zero-order valence-electron chi connectivity index (χ0n) is 14.0. The number of piperazine rings is 1. The summed E-state index contributed by atoms with van der Waals surface area (Å²) in [5, 5.41) is 9.72. The Morgan fingerprint density at radius 2 is 1.71 bits per heavy atom. The van der Waals surface area contributed by atoms with Gasteiger partial charge in [0.1, 0.15) is 0 Å². The first-order valence-electron chi connectivity index (χ1n) is 8.37. The van der Waals surface area contributed by atoms with Crippen molar-refractivity contribution in [3.8, 4) is 6.07 Å². The van der Waals surface area contributed by atoms with Crippen LogP contribution in [0.1, 0.15) is 29.7 Å². The summed E-state index contributed by atoms with van der Waals surface area (Å²) in [7, 11) is 0. The van der Waals surface area contributed by atoms with Crippen LogP contribution in [0.4, 0.5) is 0 Å². The third-order valence-electron chi connectivity index (χ3n) is 4.80. The Morgan fingerprint density at radius 3 is 2.33 bits per heavy atom. The average Bonchev–Trinajstić information content (AvgIpc) is 2.63. The van der Waals surface area contributed by atoms with Crippen LogP contribution >= 0.6 is 11.6 Å². The van der Waals surface area contributed by atoms with E-state index >= 15 is 0 Å². The first kappa shape index (κ1) is 17.0. The maximum absolute atomic E-state index is 8.87. The number of hydrogen-bond acceptors (Lipinski definition) is 3. The minimum Gasteiger partial charge on any atom is -0.297 e. The second-order valence-corrected chi connectivity index (χ2v) is 6.73. The van der Waals surface area contributed by atoms with E-state index in [4.69, 9.17) is 16.9 Å². The number of hydrogen-bond donors (Lipinski definition) is 0. The van der Waals surface area contributed by atoms with Crippen LogP contribution in [0.25, 0.3) is 0 Å². The van der Waals surface area contributed by atoms with Gasteiger partial charge in [0.15, 0.2) is 0 Å². The second kappa shape index (κ2) is 7.81. The quantitative estimate of drug-likeness (QED) is 0.840. The molecule has 0 bridgehead atoms. The lowest BCUT2D eigenvalue weighted by atomic mass is 10.1. The fourth-order valence-electron chi connectivity index (χ4n) is 3.26. The molecule has 2 aromatic carbocycles. The van der Waals surface area contributed by atoms with Crippen LogP contribution in [0.5, 0.6) is 0 Å². The van der Waals surface area contributed by atoms with E-state index in [0.717, 1.165) is 43.3 Å². The maximum Gasteiger partial charge on any atom is 0.0991 e. The number of benzene rings is 2. The van der Waals surface area contributed by atoms with Crippen LogP contribution in [0.15, 0.2) is 48.5 Å². The number of halogens is 1. The first-order valence-corrected chi connectivity index (χ1v) is 8.75. The Hall–Kier alpha value is -1.86. The van der Waals surface area contributed by atoms with E-state index in [9.17, 15) is 0 Å². The lowest BCUT2D eigenvalue weighted by Crippen LogP contribution is -2.46. The topological polar surface area (TPSA) is 30.3 Å². The number of rotatable bonds is 4. The fourth-order valence-corrected chi connectivity index (χ4v) is 3.56. The first-order chi connectivity index (χ1) is 11.7. The summed E-state index contributed by atoms with van der Waals surface area (Å²) in [6.07, 6.45) is 0. The zero-order chi connectivity index (χ0) is 16.9. The molecule has 3 nitrogen and oxygen atoms in total. The van der Waals surface area contributed by atoms with Gasteiger partial charge in [0, 0.05) is 43.8 Å². The molecular formula is C20H22ClN3. The molecule has 0 aliphatic carbocycles. The highest BCUT2D eigenvalue weighted by Crippen LogP contribution is 2.27. The lowest BCUT2D eigenvalue weighted by molar-refractivity contribution is 0.0979. The molecule has 1 atom stereocenters. The van der Waals surface area contributed by atoms with E-state index in [2.05, 4.69) is 47.1 Å². The molecule has 124 valence electrons. The van der Waals surface area contributed by atoms with Gasteiger partial charge in [-0.15, -0.1) is 0 Å². The molecule has 1 saturated heterocycles. The van der Waals surface area contributed by atoms with Crippen molar-refractivity contribution in [1.29, 1.82) is 5.26 Å². The summed E-state index contributed by atoms with van der Waals surface area (Å²) in [4.78, 5) is 4.97. The van der Waals surface area contributed by atoms with E-state index in [1.165, 1.54) is 11.1 Å². The van der Waals surface area contributed by atoms with Crippen LogP contribution < -0.4 is 0 Å². The van der Waals surface area contributed by atoms with Crippen LogP contribution in [-0.4, -0.2) is 36.0 Å². The molecule has 1 aliphatic rings. The van der Waals surface area contributed by atoms with Crippen molar-refractivity contribution in [2.45, 2.75) is 19.5 Å². The highest BCUT2D eigenvalue weighted by Gasteiger charge is 2.23. The Labute approximate surface area is 149 Å². The van der Waals surface area contributed by atoms with Crippen molar-refractivity contribution in [3.63, 3.8) is 0 Å². The summed E-state index contributed by atoms with van der Waals surface area (Å²) in [5.74, 6) is 0. The standard InChI is InChI=1S/C20H22ClN3/c1-16(19-4-2-3-5-20(19)21)24-12-10-23(11-13-24)15-18-8-6-17(14-22)7-9-18/h2-9,16H,10-13,15H2,1H3. The average molecular weight is 340 g/mol. The van der Waals surface area contributed by atoms with E-state index in [1.807, 2.05) is 24.3 Å². The van der Waals surface area contributed by atoms with Crippen LogP contribution in [0, 0.1) is 11.3 Å². The SMILES string of the molecule is CC(c1ccccc1Cl)N1CCN(Cc2ccc(C#N)cc2)CC1. The van der Waals surface area contributed by atoms with Gasteiger partial charge in [0.2, 0.25) is 0 Å². The number of nitriles is 1. The molecule has 0 spiro atoms. The molecule has 0 aromatic heterocycles. The predicted molar refractivity (Wildman–Crippen MR) is 97.9 cm³/mol. The molecule has 0 amide bonds. The van der Waals surface area contributed by atoms with E-state index in [0.29, 0.717) is 6.04 Å². The van der Waals surface area contributed by atoms with E-state index < -0.39 is 0 Å². The highest BCUT2D eigenvalue weighted by atomic mass is 35.5. The van der Waals surface area contributed by atoms with Gasteiger partial charge in [0.05, 0.1) is 11.6 Å². The molecular weight excluding hydrogens is 318 g/mol. The van der Waals surface area contributed by atoms with Crippen LogP contribution in [-0.2, 0) is 6.54 Å². The molecule has 1 unspecified atom stereocenters. The second-order valence-electron chi connectivity index (χ2n) is 6.32. The van der Waals surface area contributed by atoms with Crippen LogP contribution in [0.3, 0.4) is 0 Å². The van der Waals surface area contributed by atoms with Gasteiger partial charge in [-0.2, -0.15) is 5.26 Å². The van der Waals surface area contributed by atoms with Crippen molar-refractivity contribution < 1.29 is 0 Å². The van der Waals surface area contributed by atoms with Gasteiger partial charge in [-0.1, -0.05) is 41.9 Å². The Kier molecular flexibility index (Phi) is 5.52. The third-order valence-corrected chi connectivity index (χ3v) is 5.14. The van der Waals surface area contributed by atoms with Crippen LogP contribution in [0.2, 0.25) is 5.02 Å². The Bertz CT molecular complexity index is 712. The summed E-state index contributed by atoms with van der Waals surface area (Å²) < 4.78 is 0. The molecule has 0 radical (unpaired) electrons. The third kappa shape index (κ3) is 3.96. The van der Waals surface area contributed by atoms with Crippen molar-refractivity contribution in [3.05, 3.63) is 70.2 Å². The molecule has 4 heteroatoms. The minimum absolute atomic E-state index is 0.343. The largest absolute Gasteiger partial charge is 0.297 e. The number of nitrogens with zero attached hydrogens (tertiary/aromatic N) is 3. The lowest BCUT2D eigenvalue weighted by Gasteiger charge is -2.38. The van der Waals surface area contributed by atoms with Gasteiger partial charge in [-0.25, -0.2) is 0 Å². The van der Waals surface area contributed by atoms with Crippen molar-refractivity contribution in [2.24, 2.45) is 0 Å². The maximum atomic E-state index is 8.87. The summed E-state index contributed by atoms with van der Waals surface area (Å²) in [6.45, 7) is 7.37. The van der Waals surface area contributed by atoms with Crippen molar-refractivity contribution in [2.75, 3.05) is 26.2 Å². The smallest absolute Gasteiger partial charge is 0.0991 e. The van der Waals surface area contributed by atoms with Gasteiger partial charge in [-0.3, -0.25) is 9.80 Å². The predicted octanol–water partition coefficient (Wildman–Crippen LogP) is 4.09. The normalized spacial score (nSPS) is 17.4. The zero-order valence-corrected chi connectivity index (χ0v) is 14.7. The summed E-state index contributed by atoms with van der Waals surface area (Å²) in [5.41, 5.74) is 3.19. The molecule has 3 rings (SSSR count). The van der Waals surface area contributed by atoms with E-state index in [1.54, 1.807) is 0 Å². The van der Waals surface area contributed by atoms with Gasteiger partial charge in [0.25, 0.3) is 0 Å². The minimum atomic E-state index is 0.343. The fraction of sp³-hybridized carbons (Fsp3) is 0.350. The molecule has 1 fully saturated rings. The highest BCUT2D eigenvalue weighted by molar-refractivity contribution is 6.31. The molecule has 1 aliphatic heterocycles. The van der Waals surface area contributed by atoms with Gasteiger partial charge >= 0.3 is 0 Å². The van der Waals surface area contributed by atoms with Crippen molar-refractivity contribution >= 4 is 11.6 Å². The monoisotopic (exact) mass is 339 g/mol. The summed E-state index contributed by atoms with van der Waals surface area (Å²) >= 11 is 6.34. The van der Waals surface area contributed by atoms with Gasteiger partial charge in [-0.05, 0) is 36.2 Å². The Morgan fingerprint density at radius 1 is 1.04 bits per heavy atom. The molecule has 24 heavy (non-hydrogen) atoms. The molecule has 1 heterocycles. The molecule has 0 saturated carbocycles.